The van der Waals surface area contributed by atoms with E-state index in [9.17, 15) is 13.2 Å². The van der Waals surface area contributed by atoms with Crippen molar-refractivity contribution in [3.05, 3.63) is 64.7 Å². The highest BCUT2D eigenvalue weighted by atomic mass is 32.2. The van der Waals surface area contributed by atoms with E-state index in [1.807, 2.05) is 32.0 Å². The highest BCUT2D eigenvalue weighted by Crippen LogP contribution is 2.25. The van der Waals surface area contributed by atoms with Gasteiger partial charge in [0.1, 0.15) is 5.75 Å². The minimum absolute atomic E-state index is 0.167. The molecule has 0 bridgehead atoms. The van der Waals surface area contributed by atoms with Crippen LogP contribution in [0.1, 0.15) is 46.4 Å². The van der Waals surface area contributed by atoms with Gasteiger partial charge in [0.05, 0.1) is 25.5 Å². The van der Waals surface area contributed by atoms with Crippen molar-refractivity contribution in [2.75, 3.05) is 14.2 Å². The Morgan fingerprint density at radius 3 is 2.30 bits per heavy atom. The molecule has 0 fully saturated rings. The number of nitrogens with one attached hydrogen (secondary N) is 1. The summed E-state index contributed by atoms with van der Waals surface area (Å²) in [7, 11) is -0.652. The van der Waals surface area contributed by atoms with Crippen molar-refractivity contribution >= 4 is 16.0 Å². The van der Waals surface area contributed by atoms with Crippen LogP contribution in [0, 0.1) is 6.92 Å². The number of sulfonamides is 1. The van der Waals surface area contributed by atoms with Crippen LogP contribution in [-0.2, 0) is 20.5 Å². The molecule has 0 aliphatic rings. The first-order valence-electron chi connectivity index (χ1n) is 8.61. The molecule has 146 valence electrons. The average Bonchev–Trinajstić information content (AvgIpc) is 2.65. The van der Waals surface area contributed by atoms with E-state index in [-0.39, 0.29) is 11.8 Å². The molecule has 2 aromatic rings. The molecule has 7 heteroatoms. The van der Waals surface area contributed by atoms with Gasteiger partial charge in [-0.25, -0.2) is 17.9 Å². The molecule has 2 aromatic carbocycles. The minimum atomic E-state index is -3.56. The third kappa shape index (κ3) is 5.55. The number of ether oxygens (including phenoxy) is 2. The molecular formula is C20H25NO5S. The van der Waals surface area contributed by atoms with Crippen LogP contribution in [0.3, 0.4) is 0 Å². The van der Waals surface area contributed by atoms with Crippen LogP contribution in [0.15, 0.2) is 42.5 Å². The molecule has 27 heavy (non-hydrogen) atoms. The number of rotatable bonds is 8. The van der Waals surface area contributed by atoms with Gasteiger partial charge in [0.25, 0.3) is 0 Å². The second-order valence-electron chi connectivity index (χ2n) is 6.26. The summed E-state index contributed by atoms with van der Waals surface area (Å²) in [5.41, 5.74) is 2.81. The Hall–Kier alpha value is -2.38. The van der Waals surface area contributed by atoms with Crippen LogP contribution in [0.5, 0.6) is 5.75 Å². The Kier molecular flexibility index (Phi) is 6.98. The highest BCUT2D eigenvalue weighted by molar-refractivity contribution is 7.88. The predicted octanol–water partition coefficient (Wildman–Crippen LogP) is 3.36. The van der Waals surface area contributed by atoms with E-state index in [0.717, 1.165) is 16.9 Å². The number of carbonyl (C=O) groups is 1. The fourth-order valence-electron chi connectivity index (χ4n) is 2.84. The summed E-state index contributed by atoms with van der Waals surface area (Å²) in [5.74, 6) is 0.144. The summed E-state index contributed by atoms with van der Waals surface area (Å²) in [5, 5.41) is 0. The summed E-state index contributed by atoms with van der Waals surface area (Å²) in [6.45, 7) is 3.85. The van der Waals surface area contributed by atoms with E-state index in [4.69, 9.17) is 4.74 Å². The lowest BCUT2D eigenvalue weighted by Gasteiger charge is -2.19. The van der Waals surface area contributed by atoms with E-state index in [2.05, 4.69) is 9.46 Å². The summed E-state index contributed by atoms with van der Waals surface area (Å²) in [6, 6.07) is 11.7. The Labute approximate surface area is 160 Å². The molecule has 6 nitrogen and oxygen atoms in total. The number of benzene rings is 2. The molecule has 2 rings (SSSR count). The standard InChI is InChI=1S/C20H25NO5S/c1-5-18(17-10-11-19(25-3)14(2)12-17)21-27(23,24)13-15-6-8-16(9-7-15)20(22)26-4/h6-12,18,21H,5,13H2,1-4H3. The van der Waals surface area contributed by atoms with E-state index >= 15 is 0 Å². The second kappa shape index (κ2) is 9.01. The van der Waals surface area contributed by atoms with Crippen molar-refractivity contribution in [2.24, 2.45) is 0 Å². The van der Waals surface area contributed by atoms with Crippen molar-refractivity contribution < 1.29 is 22.7 Å². The lowest BCUT2D eigenvalue weighted by molar-refractivity contribution is 0.0600. The summed E-state index contributed by atoms with van der Waals surface area (Å²) in [6.07, 6.45) is 0.617. The van der Waals surface area contributed by atoms with Gasteiger partial charge in [-0.05, 0) is 48.2 Å². The minimum Gasteiger partial charge on any atom is -0.496 e. The van der Waals surface area contributed by atoms with Crippen molar-refractivity contribution in [3.8, 4) is 5.75 Å². The molecule has 0 heterocycles. The third-order valence-electron chi connectivity index (χ3n) is 4.28. The van der Waals surface area contributed by atoms with Crippen LogP contribution in [0.25, 0.3) is 0 Å². The topological polar surface area (TPSA) is 81.7 Å². The fourth-order valence-corrected chi connectivity index (χ4v) is 4.29. The number of aryl methyl sites for hydroxylation is 1. The van der Waals surface area contributed by atoms with Gasteiger partial charge in [-0.3, -0.25) is 0 Å². The molecule has 0 radical (unpaired) electrons. The van der Waals surface area contributed by atoms with E-state index in [1.54, 1.807) is 31.4 Å². The molecule has 1 N–H and O–H groups in total. The Morgan fingerprint density at radius 1 is 1.11 bits per heavy atom. The van der Waals surface area contributed by atoms with E-state index in [0.29, 0.717) is 17.5 Å². The quantitative estimate of drug-likeness (QED) is 0.698. The molecule has 0 saturated heterocycles. The van der Waals surface area contributed by atoms with E-state index in [1.165, 1.54) is 7.11 Å². The van der Waals surface area contributed by atoms with Crippen LogP contribution in [-0.4, -0.2) is 28.6 Å². The van der Waals surface area contributed by atoms with Crippen molar-refractivity contribution in [1.29, 1.82) is 0 Å². The lowest BCUT2D eigenvalue weighted by atomic mass is 10.0. The normalized spacial score (nSPS) is 12.4. The maximum absolute atomic E-state index is 12.6. The van der Waals surface area contributed by atoms with Gasteiger partial charge in [-0.15, -0.1) is 0 Å². The van der Waals surface area contributed by atoms with Crippen LogP contribution < -0.4 is 9.46 Å². The summed E-state index contributed by atoms with van der Waals surface area (Å²) >= 11 is 0. The largest absolute Gasteiger partial charge is 0.496 e. The lowest BCUT2D eigenvalue weighted by Crippen LogP contribution is -2.29. The zero-order valence-electron chi connectivity index (χ0n) is 16.0. The molecule has 0 aromatic heterocycles. The number of hydrogen-bond donors (Lipinski definition) is 1. The SMILES string of the molecule is CCC(NS(=O)(=O)Cc1ccc(C(=O)OC)cc1)c1ccc(OC)c(C)c1. The van der Waals surface area contributed by atoms with Gasteiger partial charge >= 0.3 is 5.97 Å². The van der Waals surface area contributed by atoms with Crippen molar-refractivity contribution in [3.63, 3.8) is 0 Å². The Balaban J connectivity index is 2.13. The molecule has 0 saturated carbocycles. The smallest absolute Gasteiger partial charge is 0.337 e. The summed E-state index contributed by atoms with van der Waals surface area (Å²) in [4.78, 5) is 11.5. The molecule has 1 unspecified atom stereocenters. The predicted molar refractivity (Wildman–Crippen MR) is 104 cm³/mol. The Bertz CT molecular complexity index is 891. The maximum Gasteiger partial charge on any atom is 0.337 e. The molecule has 1 atom stereocenters. The summed E-state index contributed by atoms with van der Waals surface area (Å²) < 4.78 is 37.9. The van der Waals surface area contributed by atoms with Gasteiger partial charge in [0.2, 0.25) is 10.0 Å². The number of methoxy groups -OCH3 is 2. The van der Waals surface area contributed by atoms with Gasteiger partial charge in [-0.1, -0.05) is 31.2 Å². The number of hydrogen-bond acceptors (Lipinski definition) is 5. The third-order valence-corrected chi connectivity index (χ3v) is 5.64. The monoisotopic (exact) mass is 391 g/mol. The zero-order valence-corrected chi connectivity index (χ0v) is 16.8. The molecule has 0 spiro atoms. The van der Waals surface area contributed by atoms with Crippen molar-refractivity contribution in [2.45, 2.75) is 32.1 Å². The van der Waals surface area contributed by atoms with Gasteiger partial charge in [-0.2, -0.15) is 0 Å². The molecular weight excluding hydrogens is 366 g/mol. The number of esters is 1. The van der Waals surface area contributed by atoms with Crippen molar-refractivity contribution in [1.82, 2.24) is 4.72 Å². The maximum atomic E-state index is 12.6. The fraction of sp³-hybridized carbons (Fsp3) is 0.350. The first kappa shape index (κ1) is 20.9. The van der Waals surface area contributed by atoms with Crippen LogP contribution in [0.2, 0.25) is 0 Å². The first-order valence-corrected chi connectivity index (χ1v) is 10.3. The van der Waals surface area contributed by atoms with E-state index < -0.39 is 16.0 Å². The van der Waals surface area contributed by atoms with Crippen LogP contribution >= 0.6 is 0 Å². The second-order valence-corrected chi connectivity index (χ2v) is 8.01. The van der Waals surface area contributed by atoms with Crippen LogP contribution in [0.4, 0.5) is 0 Å². The van der Waals surface area contributed by atoms with Gasteiger partial charge in [0.15, 0.2) is 0 Å². The average molecular weight is 391 g/mol. The Morgan fingerprint density at radius 2 is 1.78 bits per heavy atom. The van der Waals surface area contributed by atoms with Gasteiger partial charge in [0, 0.05) is 6.04 Å². The zero-order chi connectivity index (χ0) is 20.0. The van der Waals surface area contributed by atoms with Gasteiger partial charge < -0.3 is 9.47 Å². The highest BCUT2D eigenvalue weighted by Gasteiger charge is 2.19. The number of carbonyl (C=O) groups excluding carboxylic acids is 1. The molecule has 0 amide bonds. The first-order chi connectivity index (χ1) is 12.8. The molecule has 0 aliphatic heterocycles. The molecule has 0 aliphatic carbocycles.